The molecule has 0 aliphatic heterocycles. The summed E-state index contributed by atoms with van der Waals surface area (Å²) in [4.78, 5) is 34.5. The molecule has 1 atom stereocenters. The predicted octanol–water partition coefficient (Wildman–Crippen LogP) is 3.48. The second-order valence-corrected chi connectivity index (χ2v) is 9.19. The Hall–Kier alpha value is -4.54. The maximum atomic E-state index is 13.9. The van der Waals surface area contributed by atoms with Gasteiger partial charge in [0.1, 0.15) is 24.1 Å². The third kappa shape index (κ3) is 5.56. The SMILES string of the molecule is COc1ccc(N(C(=O)Cn2nnc(-c3ccc(C)o3)n2)[C@@H](C(=O)NC2CCCC2)c2ccncc2)cc1. The number of tetrazole rings is 1. The fraction of sp³-hybridized carbons (Fsp3) is 0.333. The van der Waals surface area contributed by atoms with Gasteiger partial charge in [-0.25, -0.2) is 0 Å². The van der Waals surface area contributed by atoms with Crippen LogP contribution in [0, 0.1) is 6.92 Å². The number of methoxy groups -OCH3 is 1. The van der Waals surface area contributed by atoms with Crippen molar-refractivity contribution in [2.45, 2.75) is 51.2 Å². The van der Waals surface area contributed by atoms with E-state index in [0.717, 1.165) is 25.7 Å². The van der Waals surface area contributed by atoms with Gasteiger partial charge in [0, 0.05) is 24.1 Å². The van der Waals surface area contributed by atoms with E-state index in [2.05, 4.69) is 25.7 Å². The number of nitrogens with one attached hydrogen (secondary N) is 1. The molecular weight excluding hydrogens is 486 g/mol. The third-order valence-corrected chi connectivity index (χ3v) is 6.54. The highest BCUT2D eigenvalue weighted by Crippen LogP contribution is 2.30. The van der Waals surface area contributed by atoms with Gasteiger partial charge in [-0.1, -0.05) is 12.8 Å². The standard InChI is InChI=1S/C27H29N7O4/c1-18-7-12-23(38-18)26-30-32-33(31-26)17-24(35)34(21-8-10-22(37-2)11-9-21)25(19-13-15-28-16-14-19)27(36)29-20-5-3-4-6-20/h7-16,20,25H,3-6,17H2,1-2H3,(H,29,36)/t25-/m1/s1. The molecular formula is C27H29N7O4. The van der Waals surface area contributed by atoms with Crippen LogP contribution in [0.1, 0.15) is 43.0 Å². The van der Waals surface area contributed by atoms with Crippen molar-refractivity contribution in [2.75, 3.05) is 12.0 Å². The van der Waals surface area contributed by atoms with Crippen LogP contribution >= 0.6 is 0 Å². The van der Waals surface area contributed by atoms with Gasteiger partial charge in [0.05, 0.1) is 7.11 Å². The third-order valence-electron chi connectivity index (χ3n) is 6.54. The van der Waals surface area contributed by atoms with E-state index in [4.69, 9.17) is 9.15 Å². The monoisotopic (exact) mass is 515 g/mol. The molecule has 2 amide bonds. The lowest BCUT2D eigenvalue weighted by atomic mass is 10.0. The maximum Gasteiger partial charge on any atom is 0.251 e. The first-order valence-electron chi connectivity index (χ1n) is 12.5. The maximum absolute atomic E-state index is 13.9. The Labute approximate surface area is 219 Å². The first-order valence-corrected chi connectivity index (χ1v) is 12.5. The van der Waals surface area contributed by atoms with Crippen molar-refractivity contribution in [2.24, 2.45) is 0 Å². The normalized spacial score (nSPS) is 14.3. The highest BCUT2D eigenvalue weighted by molar-refractivity contribution is 6.01. The molecule has 0 saturated heterocycles. The fourth-order valence-corrected chi connectivity index (χ4v) is 4.65. The molecule has 1 fully saturated rings. The van der Waals surface area contributed by atoms with Crippen LogP contribution in [0.3, 0.4) is 0 Å². The Morgan fingerprint density at radius 3 is 2.50 bits per heavy atom. The van der Waals surface area contributed by atoms with Crippen molar-refractivity contribution < 1.29 is 18.7 Å². The molecule has 1 aliphatic rings. The summed E-state index contributed by atoms with van der Waals surface area (Å²) < 4.78 is 10.9. The van der Waals surface area contributed by atoms with E-state index in [-0.39, 0.29) is 24.3 Å². The van der Waals surface area contributed by atoms with Crippen LogP contribution < -0.4 is 15.0 Å². The van der Waals surface area contributed by atoms with E-state index in [1.54, 1.807) is 68.0 Å². The minimum Gasteiger partial charge on any atom is -0.497 e. The number of pyridine rings is 1. The van der Waals surface area contributed by atoms with E-state index in [0.29, 0.717) is 28.5 Å². The van der Waals surface area contributed by atoms with Gasteiger partial charge in [-0.05, 0) is 79.1 Å². The van der Waals surface area contributed by atoms with Crippen LogP contribution in [-0.2, 0) is 16.1 Å². The van der Waals surface area contributed by atoms with Crippen LogP contribution in [0.5, 0.6) is 5.75 Å². The average Bonchev–Trinajstić information content (AvgIpc) is 3.71. The lowest BCUT2D eigenvalue weighted by Gasteiger charge is -2.32. The molecule has 0 bridgehead atoms. The topological polar surface area (TPSA) is 128 Å². The number of aromatic nitrogens is 5. The Morgan fingerprint density at radius 2 is 1.84 bits per heavy atom. The van der Waals surface area contributed by atoms with E-state index in [1.165, 1.54) is 9.70 Å². The number of aryl methyl sites for hydroxylation is 1. The molecule has 1 aliphatic carbocycles. The zero-order valence-electron chi connectivity index (χ0n) is 21.3. The number of carbonyl (C=O) groups excluding carboxylic acids is 2. The van der Waals surface area contributed by atoms with Crippen LogP contribution in [0.4, 0.5) is 5.69 Å². The summed E-state index contributed by atoms with van der Waals surface area (Å²) in [6.07, 6.45) is 7.20. The lowest BCUT2D eigenvalue weighted by Crippen LogP contribution is -2.47. The fourth-order valence-electron chi connectivity index (χ4n) is 4.65. The largest absolute Gasteiger partial charge is 0.497 e. The summed E-state index contributed by atoms with van der Waals surface area (Å²) in [5, 5.41) is 15.5. The molecule has 3 aromatic heterocycles. The number of nitrogens with zero attached hydrogens (tertiary/aromatic N) is 6. The number of carbonyl (C=O) groups is 2. The van der Waals surface area contributed by atoms with Crippen LogP contribution in [-0.4, -0.2) is 50.2 Å². The second kappa shape index (κ2) is 11.2. The highest BCUT2D eigenvalue weighted by Gasteiger charge is 2.34. The van der Waals surface area contributed by atoms with E-state index in [1.807, 2.05) is 6.92 Å². The van der Waals surface area contributed by atoms with Crippen molar-refractivity contribution in [1.29, 1.82) is 0 Å². The Bertz CT molecular complexity index is 1380. The van der Waals surface area contributed by atoms with Gasteiger partial charge in [-0.2, -0.15) is 4.80 Å². The number of anilines is 1. The summed E-state index contributed by atoms with van der Waals surface area (Å²) in [6, 6.07) is 13.2. The molecule has 0 unspecified atom stereocenters. The Balaban J connectivity index is 1.49. The summed E-state index contributed by atoms with van der Waals surface area (Å²) >= 11 is 0. The minimum atomic E-state index is -0.935. The summed E-state index contributed by atoms with van der Waals surface area (Å²) in [6.45, 7) is 1.58. The van der Waals surface area contributed by atoms with Crippen LogP contribution in [0.2, 0.25) is 0 Å². The zero-order chi connectivity index (χ0) is 26.5. The van der Waals surface area contributed by atoms with Crippen molar-refractivity contribution in [3.8, 4) is 17.3 Å². The first-order chi connectivity index (χ1) is 18.5. The predicted molar refractivity (Wildman–Crippen MR) is 138 cm³/mol. The molecule has 4 aromatic rings. The molecule has 5 rings (SSSR count). The van der Waals surface area contributed by atoms with Gasteiger partial charge in [0.2, 0.25) is 11.7 Å². The van der Waals surface area contributed by atoms with Gasteiger partial charge >= 0.3 is 0 Å². The summed E-state index contributed by atoms with van der Waals surface area (Å²) in [5.41, 5.74) is 1.17. The van der Waals surface area contributed by atoms with Gasteiger partial charge in [-0.3, -0.25) is 19.5 Å². The summed E-state index contributed by atoms with van der Waals surface area (Å²) in [7, 11) is 1.57. The van der Waals surface area contributed by atoms with Crippen LogP contribution in [0.25, 0.3) is 11.6 Å². The number of ether oxygens (including phenoxy) is 1. The Morgan fingerprint density at radius 1 is 1.11 bits per heavy atom. The molecule has 1 saturated carbocycles. The number of hydrogen-bond donors (Lipinski definition) is 1. The Kier molecular flexibility index (Phi) is 7.43. The average molecular weight is 516 g/mol. The quantitative estimate of drug-likeness (QED) is 0.359. The number of furan rings is 1. The molecule has 11 heteroatoms. The zero-order valence-corrected chi connectivity index (χ0v) is 21.3. The lowest BCUT2D eigenvalue weighted by molar-refractivity contribution is -0.127. The molecule has 196 valence electrons. The number of rotatable bonds is 9. The van der Waals surface area contributed by atoms with Gasteiger partial charge < -0.3 is 14.5 Å². The first kappa shape index (κ1) is 25.1. The van der Waals surface area contributed by atoms with Gasteiger partial charge in [0.15, 0.2) is 5.76 Å². The van der Waals surface area contributed by atoms with Crippen molar-refractivity contribution in [1.82, 2.24) is 30.5 Å². The second-order valence-electron chi connectivity index (χ2n) is 9.19. The summed E-state index contributed by atoms with van der Waals surface area (Å²) in [5.74, 6) is 1.42. The molecule has 0 radical (unpaired) electrons. The van der Waals surface area contributed by atoms with Gasteiger partial charge in [0.25, 0.3) is 5.91 Å². The van der Waals surface area contributed by atoms with Crippen molar-refractivity contribution in [3.63, 3.8) is 0 Å². The molecule has 3 heterocycles. The highest BCUT2D eigenvalue weighted by atomic mass is 16.5. The van der Waals surface area contributed by atoms with Crippen molar-refractivity contribution in [3.05, 3.63) is 72.2 Å². The molecule has 1 aromatic carbocycles. The number of benzene rings is 1. The van der Waals surface area contributed by atoms with E-state index >= 15 is 0 Å². The smallest absolute Gasteiger partial charge is 0.251 e. The number of amides is 2. The van der Waals surface area contributed by atoms with Crippen LogP contribution in [0.15, 0.2) is 65.3 Å². The van der Waals surface area contributed by atoms with Crippen molar-refractivity contribution >= 4 is 17.5 Å². The minimum absolute atomic E-state index is 0.0796. The molecule has 11 nitrogen and oxygen atoms in total. The van der Waals surface area contributed by atoms with E-state index < -0.39 is 11.9 Å². The molecule has 0 spiro atoms. The number of hydrogen-bond acceptors (Lipinski definition) is 8. The van der Waals surface area contributed by atoms with Gasteiger partial charge in [-0.15, -0.1) is 10.2 Å². The molecule has 38 heavy (non-hydrogen) atoms. The molecule has 1 N–H and O–H groups in total. The van der Waals surface area contributed by atoms with E-state index in [9.17, 15) is 9.59 Å².